The summed E-state index contributed by atoms with van der Waals surface area (Å²) in [6.07, 6.45) is 19.2. The lowest BCUT2D eigenvalue weighted by molar-refractivity contribution is 0.0295. The van der Waals surface area contributed by atoms with E-state index in [9.17, 15) is 9.50 Å². The monoisotopic (exact) mass is 636 g/mol. The van der Waals surface area contributed by atoms with Gasteiger partial charge < -0.3 is 14.9 Å². The zero-order chi connectivity index (χ0) is 33.6. The second kappa shape index (κ2) is 12.7. The zero-order valence-electron chi connectivity index (χ0n) is 29.0. The molecule has 0 spiro atoms. The Labute approximate surface area is 280 Å². The molecule has 3 nitrogen and oxygen atoms in total. The first kappa shape index (κ1) is 33.2. The molecule has 0 radical (unpaired) electrons. The summed E-state index contributed by atoms with van der Waals surface area (Å²) in [6.45, 7) is 14.7. The van der Waals surface area contributed by atoms with Crippen LogP contribution in [0.5, 0.6) is 0 Å². The number of hydrogen-bond acceptors (Lipinski definition) is 3. The van der Waals surface area contributed by atoms with E-state index in [0.717, 1.165) is 73.0 Å². The Hall–Kier alpha value is -3.70. The van der Waals surface area contributed by atoms with Crippen LogP contribution in [0.25, 0.3) is 5.57 Å². The van der Waals surface area contributed by atoms with Crippen molar-refractivity contribution in [1.82, 2.24) is 4.90 Å². The Morgan fingerprint density at radius 1 is 0.894 bits per heavy atom. The first-order chi connectivity index (χ1) is 22.5. The third-order valence-corrected chi connectivity index (χ3v) is 10.9. The van der Waals surface area contributed by atoms with Gasteiger partial charge in [0.1, 0.15) is 0 Å². The molecule has 2 heterocycles. The van der Waals surface area contributed by atoms with Gasteiger partial charge in [-0.3, -0.25) is 0 Å². The van der Waals surface area contributed by atoms with Gasteiger partial charge in [0.25, 0.3) is 0 Å². The third-order valence-electron chi connectivity index (χ3n) is 10.9. The first-order valence-corrected chi connectivity index (χ1v) is 17.5. The Morgan fingerprint density at radius 2 is 1.66 bits per heavy atom. The fourth-order valence-corrected chi connectivity index (χ4v) is 8.37. The maximum Gasteiger partial charge on any atom is 0.167 e. The van der Waals surface area contributed by atoms with Gasteiger partial charge >= 0.3 is 0 Å². The van der Waals surface area contributed by atoms with Crippen LogP contribution < -0.4 is 4.90 Å². The van der Waals surface area contributed by atoms with E-state index in [1.54, 1.807) is 12.1 Å². The Bertz CT molecular complexity index is 1740. The Morgan fingerprint density at radius 3 is 2.43 bits per heavy atom. The molecule has 0 saturated heterocycles. The topological polar surface area (TPSA) is 26.7 Å². The quantitative estimate of drug-likeness (QED) is 0.312. The Kier molecular flexibility index (Phi) is 8.99. The number of nitrogens with zero attached hydrogens (tertiary/aromatic N) is 2. The van der Waals surface area contributed by atoms with Crippen molar-refractivity contribution in [3.8, 4) is 0 Å². The van der Waals surface area contributed by atoms with Gasteiger partial charge in [0.2, 0.25) is 0 Å². The highest BCUT2D eigenvalue weighted by atomic mass is 19.2. The molecule has 47 heavy (non-hydrogen) atoms. The molecule has 1 unspecified atom stereocenters. The number of halogens is 2. The first-order valence-electron chi connectivity index (χ1n) is 17.5. The fourth-order valence-electron chi connectivity index (χ4n) is 8.37. The van der Waals surface area contributed by atoms with Gasteiger partial charge in [-0.05, 0) is 97.1 Å². The van der Waals surface area contributed by atoms with Gasteiger partial charge in [0.15, 0.2) is 17.4 Å². The van der Waals surface area contributed by atoms with Crippen LogP contribution in [0, 0.1) is 17.0 Å². The van der Waals surface area contributed by atoms with Gasteiger partial charge in [-0.1, -0.05) is 96.2 Å². The molecule has 0 fully saturated rings. The summed E-state index contributed by atoms with van der Waals surface area (Å²) in [4.78, 5) is 4.59. The van der Waals surface area contributed by atoms with Crippen molar-refractivity contribution in [2.75, 3.05) is 18.0 Å². The number of allylic oxidation sites excluding steroid dienone is 10. The van der Waals surface area contributed by atoms with E-state index in [0.29, 0.717) is 13.0 Å². The van der Waals surface area contributed by atoms with Gasteiger partial charge in [-0.2, -0.15) is 0 Å². The summed E-state index contributed by atoms with van der Waals surface area (Å²) in [5, 5.41) is 12.5. The van der Waals surface area contributed by atoms with Crippen LogP contribution in [0.15, 0.2) is 107 Å². The number of rotatable bonds is 8. The highest BCUT2D eigenvalue weighted by Gasteiger charge is 2.54. The predicted octanol–water partition coefficient (Wildman–Crippen LogP) is 10.5. The molecule has 5 heteroatoms. The van der Waals surface area contributed by atoms with E-state index in [1.807, 2.05) is 24.3 Å². The average Bonchev–Trinajstić information content (AvgIpc) is 3.37. The Balaban J connectivity index is 1.49. The summed E-state index contributed by atoms with van der Waals surface area (Å²) < 4.78 is 30.5. The van der Waals surface area contributed by atoms with Crippen molar-refractivity contribution in [2.24, 2.45) is 5.41 Å². The fraction of sp³-hybridized carbons (Fsp3) is 0.429. The minimum absolute atomic E-state index is 0.154. The number of aliphatic hydroxyl groups is 1. The van der Waals surface area contributed by atoms with Crippen molar-refractivity contribution >= 4 is 11.3 Å². The molecule has 2 aromatic carbocycles. The molecule has 4 aliphatic rings. The molecule has 0 amide bonds. The lowest BCUT2D eigenvalue weighted by Gasteiger charge is -2.41. The molecule has 1 atom stereocenters. The standard InChI is InChI=1S/C42H50F2N2O/c1-7-27-45-35-21-11-9-18-32(35)40(3,4)37(45)24-23-29-15-13-16-30(38(29)31-17-14-20-34(43)39(31)44)25-26-42(47)41(5,6)33-19-10-12-22-36(33)46(42)28-8-2/h9-10,12,14,17-20,22-26,47H,7-8,11,13,15-16,21,27-28H2,1-6H3/b26-25+,29-23+,37-24+. The zero-order valence-corrected chi connectivity index (χ0v) is 29.0. The highest BCUT2D eigenvalue weighted by molar-refractivity contribution is 5.85. The molecular weight excluding hydrogens is 586 g/mol. The van der Waals surface area contributed by atoms with Gasteiger partial charge in [0, 0.05) is 46.6 Å². The highest BCUT2D eigenvalue weighted by Crippen LogP contribution is 2.52. The number of hydrogen-bond donors (Lipinski definition) is 1. The van der Waals surface area contributed by atoms with Crippen molar-refractivity contribution in [1.29, 1.82) is 0 Å². The molecule has 6 rings (SSSR count). The van der Waals surface area contributed by atoms with Crippen LogP contribution in [0.3, 0.4) is 0 Å². The van der Waals surface area contributed by atoms with E-state index in [-0.39, 0.29) is 11.0 Å². The number of para-hydroxylation sites is 1. The lowest BCUT2D eigenvalue weighted by Crippen LogP contribution is -2.54. The van der Waals surface area contributed by atoms with E-state index < -0.39 is 22.8 Å². The molecule has 2 aliphatic heterocycles. The average molecular weight is 637 g/mol. The maximum atomic E-state index is 15.7. The molecular formula is C42H50F2N2O. The number of anilines is 1. The maximum absolute atomic E-state index is 15.7. The van der Waals surface area contributed by atoms with Crippen LogP contribution in [-0.2, 0) is 5.41 Å². The van der Waals surface area contributed by atoms with Crippen molar-refractivity contribution in [2.45, 2.75) is 97.6 Å². The molecule has 2 aliphatic carbocycles. The molecule has 248 valence electrons. The smallest absolute Gasteiger partial charge is 0.167 e. The van der Waals surface area contributed by atoms with Crippen LogP contribution in [0.4, 0.5) is 14.5 Å². The number of fused-ring (bicyclic) bond motifs is 1. The van der Waals surface area contributed by atoms with Gasteiger partial charge in [-0.25, -0.2) is 8.78 Å². The predicted molar refractivity (Wildman–Crippen MR) is 191 cm³/mol. The summed E-state index contributed by atoms with van der Waals surface area (Å²) in [6, 6.07) is 12.7. The minimum Gasteiger partial charge on any atom is -0.366 e. The van der Waals surface area contributed by atoms with E-state index in [1.165, 1.54) is 23.0 Å². The van der Waals surface area contributed by atoms with Crippen LogP contribution >= 0.6 is 0 Å². The summed E-state index contributed by atoms with van der Waals surface area (Å²) in [5.74, 6) is -1.68. The molecule has 0 aromatic heterocycles. The van der Waals surface area contributed by atoms with Crippen molar-refractivity contribution in [3.63, 3.8) is 0 Å². The largest absolute Gasteiger partial charge is 0.366 e. The molecule has 0 bridgehead atoms. The van der Waals surface area contributed by atoms with Crippen LogP contribution in [-0.4, -0.2) is 28.8 Å². The van der Waals surface area contributed by atoms with Gasteiger partial charge in [-0.15, -0.1) is 0 Å². The lowest BCUT2D eigenvalue weighted by atomic mass is 9.76. The molecule has 2 aromatic rings. The summed E-state index contributed by atoms with van der Waals surface area (Å²) in [5.41, 5.74) is 7.06. The molecule has 1 N–H and O–H groups in total. The second-order valence-electron chi connectivity index (χ2n) is 14.5. The van der Waals surface area contributed by atoms with Crippen LogP contribution in [0.2, 0.25) is 0 Å². The summed E-state index contributed by atoms with van der Waals surface area (Å²) in [7, 11) is 0. The van der Waals surface area contributed by atoms with Gasteiger partial charge in [0.05, 0.1) is 0 Å². The van der Waals surface area contributed by atoms with E-state index >= 15 is 4.39 Å². The van der Waals surface area contributed by atoms with Crippen molar-refractivity contribution < 1.29 is 13.9 Å². The third kappa shape index (κ3) is 5.45. The summed E-state index contributed by atoms with van der Waals surface area (Å²) >= 11 is 0. The SMILES string of the molecule is CCCN1C2=C(C=CCC2)C(C)(C)/C1=C\C=C1/CCCC(/C=C/C2(O)N(CCC)c3ccccc3C2(C)C)=C1c1cccc(F)c1F. The van der Waals surface area contributed by atoms with Crippen LogP contribution in [0.1, 0.15) is 97.6 Å². The van der Waals surface area contributed by atoms with Crippen molar-refractivity contribution in [3.05, 3.63) is 130 Å². The molecule has 0 saturated carbocycles. The number of benzene rings is 2. The minimum atomic E-state index is -1.29. The van der Waals surface area contributed by atoms with E-state index in [4.69, 9.17) is 0 Å². The second-order valence-corrected chi connectivity index (χ2v) is 14.5. The normalized spacial score (nSPS) is 25.1. The van der Waals surface area contributed by atoms with E-state index in [2.05, 4.69) is 87.8 Å².